The molecule has 0 aliphatic carbocycles. The third kappa shape index (κ3) is 3.98. The van der Waals surface area contributed by atoms with Crippen LogP contribution in [0.15, 0.2) is 47.7 Å². The fourth-order valence-corrected chi connectivity index (χ4v) is 3.25. The van der Waals surface area contributed by atoms with E-state index in [0.29, 0.717) is 17.0 Å². The summed E-state index contributed by atoms with van der Waals surface area (Å²) < 4.78 is 41.8. The molecule has 0 atom stereocenters. The van der Waals surface area contributed by atoms with Gasteiger partial charge in [0.2, 0.25) is 5.91 Å². The van der Waals surface area contributed by atoms with E-state index in [-0.39, 0.29) is 16.7 Å². The normalized spacial score (nSPS) is 12.1. The number of alkyl halides is 3. The van der Waals surface area contributed by atoms with Crippen LogP contribution in [0.25, 0.3) is 16.4 Å². The van der Waals surface area contributed by atoms with E-state index in [9.17, 15) is 22.8 Å². The van der Waals surface area contributed by atoms with Crippen molar-refractivity contribution in [2.24, 2.45) is 0 Å². The molecule has 1 N–H and O–H groups in total. The lowest BCUT2D eigenvalue weighted by atomic mass is 10.0. The average molecular weight is 430 g/mol. The number of aromatic nitrogens is 5. The van der Waals surface area contributed by atoms with Gasteiger partial charge in [-0.3, -0.25) is 9.59 Å². The van der Waals surface area contributed by atoms with E-state index in [2.05, 4.69) is 20.5 Å². The molecule has 0 bridgehead atoms. The van der Waals surface area contributed by atoms with Crippen LogP contribution < -0.4 is 10.9 Å². The van der Waals surface area contributed by atoms with Crippen LogP contribution in [0.3, 0.4) is 0 Å². The number of carbonyl (C=O) groups is 1. The Morgan fingerprint density at radius 1 is 1.16 bits per heavy atom. The smallest absolute Gasteiger partial charge is 0.324 e. The number of halogens is 3. The van der Waals surface area contributed by atoms with Gasteiger partial charge in [-0.1, -0.05) is 13.8 Å². The first kappa shape index (κ1) is 20.5. The highest BCUT2D eigenvalue weighted by molar-refractivity contribution is 5.91. The van der Waals surface area contributed by atoms with Crippen LogP contribution in [-0.2, 0) is 17.5 Å². The number of nitrogens with one attached hydrogen (secondary N) is 1. The molecule has 0 radical (unpaired) electrons. The zero-order valence-corrected chi connectivity index (χ0v) is 16.5. The lowest BCUT2D eigenvalue weighted by Gasteiger charge is -2.15. The van der Waals surface area contributed by atoms with Gasteiger partial charge < -0.3 is 5.32 Å². The summed E-state index contributed by atoms with van der Waals surface area (Å²) in [4.78, 5) is 29.3. The van der Waals surface area contributed by atoms with E-state index in [1.165, 1.54) is 10.8 Å². The molecule has 3 heterocycles. The van der Waals surface area contributed by atoms with Crippen LogP contribution in [0.5, 0.6) is 0 Å². The summed E-state index contributed by atoms with van der Waals surface area (Å²) >= 11 is 0. The number of fused-ring (bicyclic) bond motifs is 2. The zero-order chi connectivity index (χ0) is 22.3. The Bertz CT molecular complexity index is 1360. The molecule has 11 heteroatoms. The molecule has 0 fully saturated rings. The Morgan fingerprint density at radius 3 is 2.65 bits per heavy atom. The second-order valence-electron chi connectivity index (χ2n) is 7.29. The van der Waals surface area contributed by atoms with Gasteiger partial charge >= 0.3 is 6.18 Å². The first-order valence-corrected chi connectivity index (χ1v) is 9.34. The topological polar surface area (TPSA) is 94.2 Å². The average Bonchev–Trinajstić information content (AvgIpc) is 3.16. The van der Waals surface area contributed by atoms with Gasteiger partial charge in [0.25, 0.3) is 5.56 Å². The lowest BCUT2D eigenvalue weighted by molar-refractivity contribution is -0.137. The second kappa shape index (κ2) is 7.49. The van der Waals surface area contributed by atoms with E-state index in [1.54, 1.807) is 32.2 Å². The van der Waals surface area contributed by atoms with Crippen molar-refractivity contribution in [3.63, 3.8) is 0 Å². The summed E-state index contributed by atoms with van der Waals surface area (Å²) in [6.45, 7) is 3.11. The predicted molar refractivity (Wildman–Crippen MR) is 107 cm³/mol. The molecule has 0 spiro atoms. The standard InChI is InChI=1S/C20H17F3N6O2/c1-11(2)18-15-7-12(20(21,22)23)3-4-14(15)19(31)29(27-18)9-17(30)26-13-5-6-28-16(8-13)24-10-25-28/h3-8,10-11H,9H2,1-2H3,(H,26,30). The van der Waals surface area contributed by atoms with Crippen LogP contribution in [0.2, 0.25) is 0 Å². The van der Waals surface area contributed by atoms with Gasteiger partial charge in [-0.25, -0.2) is 14.2 Å². The molecular weight excluding hydrogens is 413 g/mol. The monoisotopic (exact) mass is 430 g/mol. The molecule has 3 aromatic heterocycles. The van der Waals surface area contributed by atoms with Gasteiger partial charge in [0.1, 0.15) is 12.9 Å². The van der Waals surface area contributed by atoms with Crippen molar-refractivity contribution >= 4 is 28.0 Å². The van der Waals surface area contributed by atoms with Crippen molar-refractivity contribution in [2.75, 3.05) is 5.32 Å². The summed E-state index contributed by atoms with van der Waals surface area (Å²) in [5, 5.41) is 11.0. The van der Waals surface area contributed by atoms with Crippen molar-refractivity contribution in [1.29, 1.82) is 0 Å². The molecule has 0 saturated heterocycles. The number of pyridine rings is 1. The number of anilines is 1. The second-order valence-corrected chi connectivity index (χ2v) is 7.29. The molecule has 160 valence electrons. The first-order valence-electron chi connectivity index (χ1n) is 9.34. The lowest BCUT2D eigenvalue weighted by Crippen LogP contribution is -2.31. The predicted octanol–water partition coefficient (Wildman–Crippen LogP) is 3.22. The van der Waals surface area contributed by atoms with Crippen LogP contribution >= 0.6 is 0 Å². The summed E-state index contributed by atoms with van der Waals surface area (Å²) in [5.74, 6) is -0.782. The number of amides is 1. The number of nitrogens with zero attached hydrogens (tertiary/aromatic N) is 5. The van der Waals surface area contributed by atoms with E-state index >= 15 is 0 Å². The van der Waals surface area contributed by atoms with Crippen LogP contribution in [0, 0.1) is 0 Å². The van der Waals surface area contributed by atoms with E-state index in [4.69, 9.17) is 0 Å². The number of benzene rings is 1. The quantitative estimate of drug-likeness (QED) is 0.537. The maximum absolute atomic E-state index is 13.1. The molecule has 8 nitrogen and oxygen atoms in total. The zero-order valence-electron chi connectivity index (χ0n) is 16.5. The molecule has 1 amide bonds. The van der Waals surface area contributed by atoms with Gasteiger partial charge in [-0.15, -0.1) is 0 Å². The van der Waals surface area contributed by atoms with Crippen LogP contribution in [-0.4, -0.2) is 30.3 Å². The highest BCUT2D eigenvalue weighted by atomic mass is 19.4. The molecule has 1 aromatic carbocycles. The summed E-state index contributed by atoms with van der Waals surface area (Å²) in [7, 11) is 0. The Kier molecular flexibility index (Phi) is 4.96. The van der Waals surface area contributed by atoms with Crippen molar-refractivity contribution in [3.8, 4) is 0 Å². The minimum Gasteiger partial charge on any atom is -0.324 e. The molecule has 0 saturated carbocycles. The fourth-order valence-electron chi connectivity index (χ4n) is 3.25. The molecular formula is C20H17F3N6O2. The highest BCUT2D eigenvalue weighted by Crippen LogP contribution is 2.32. The van der Waals surface area contributed by atoms with E-state index in [0.717, 1.165) is 22.9 Å². The van der Waals surface area contributed by atoms with Gasteiger partial charge in [0.05, 0.1) is 16.6 Å². The van der Waals surface area contributed by atoms with Crippen molar-refractivity contribution in [1.82, 2.24) is 24.4 Å². The minimum atomic E-state index is -4.54. The number of hydrogen-bond donors (Lipinski definition) is 1. The SMILES string of the molecule is CC(C)c1nn(CC(=O)Nc2ccn3ncnc3c2)c(=O)c2ccc(C(F)(F)F)cc12. The van der Waals surface area contributed by atoms with E-state index in [1.807, 2.05) is 0 Å². The molecule has 0 aliphatic rings. The maximum atomic E-state index is 13.1. The minimum absolute atomic E-state index is 0.0735. The van der Waals surface area contributed by atoms with Crippen LogP contribution in [0.1, 0.15) is 31.0 Å². The summed E-state index contributed by atoms with van der Waals surface area (Å²) in [6, 6.07) is 6.14. The molecule has 0 unspecified atom stereocenters. The summed E-state index contributed by atoms with van der Waals surface area (Å²) in [6.07, 6.45) is -1.55. The van der Waals surface area contributed by atoms with Crippen LogP contribution in [0.4, 0.5) is 18.9 Å². The van der Waals surface area contributed by atoms with Crippen molar-refractivity contribution in [2.45, 2.75) is 32.5 Å². The third-order valence-electron chi connectivity index (χ3n) is 4.72. The van der Waals surface area contributed by atoms with Gasteiger partial charge in [-0.05, 0) is 30.2 Å². The number of carbonyl (C=O) groups excluding carboxylic acids is 1. The van der Waals surface area contributed by atoms with Gasteiger partial charge in [0, 0.05) is 23.3 Å². The molecule has 4 aromatic rings. The molecule has 4 rings (SSSR count). The highest BCUT2D eigenvalue weighted by Gasteiger charge is 2.31. The Balaban J connectivity index is 1.68. The molecule has 31 heavy (non-hydrogen) atoms. The van der Waals surface area contributed by atoms with Crippen molar-refractivity contribution in [3.05, 3.63) is 64.5 Å². The Labute approximate surface area is 173 Å². The Morgan fingerprint density at radius 2 is 1.94 bits per heavy atom. The third-order valence-corrected chi connectivity index (χ3v) is 4.72. The fraction of sp³-hybridized carbons (Fsp3) is 0.250. The van der Waals surface area contributed by atoms with Gasteiger partial charge in [-0.2, -0.15) is 23.4 Å². The molecule has 0 aliphatic heterocycles. The largest absolute Gasteiger partial charge is 0.416 e. The number of hydrogen-bond acceptors (Lipinski definition) is 5. The Hall–Kier alpha value is -3.76. The van der Waals surface area contributed by atoms with Gasteiger partial charge in [0.15, 0.2) is 5.65 Å². The maximum Gasteiger partial charge on any atom is 0.416 e. The first-order chi connectivity index (χ1) is 14.6. The summed E-state index contributed by atoms with van der Waals surface area (Å²) in [5.41, 5.74) is -0.211. The van der Waals surface area contributed by atoms with E-state index < -0.39 is 29.8 Å². The van der Waals surface area contributed by atoms with Crippen molar-refractivity contribution < 1.29 is 18.0 Å². The number of rotatable bonds is 4.